The fourth-order valence-corrected chi connectivity index (χ4v) is 2.48. The highest BCUT2D eigenvalue weighted by molar-refractivity contribution is 5.79. The van der Waals surface area contributed by atoms with Crippen molar-refractivity contribution in [3.05, 3.63) is 12.2 Å². The van der Waals surface area contributed by atoms with Crippen molar-refractivity contribution in [2.24, 2.45) is 17.8 Å². The van der Waals surface area contributed by atoms with Gasteiger partial charge in [-0.15, -0.1) is 0 Å². The number of carboxylic acids is 1. The smallest absolute Gasteiger partial charge is 0.303 e. The highest BCUT2D eigenvalue weighted by atomic mass is 16.4. The molecule has 0 aromatic rings. The molecule has 0 aromatic carbocycles. The lowest BCUT2D eigenvalue weighted by Crippen LogP contribution is -2.31. The zero-order valence-electron chi connectivity index (χ0n) is 11.9. The highest BCUT2D eigenvalue weighted by Gasteiger charge is 2.20. The monoisotopic (exact) mass is 267 g/mol. The summed E-state index contributed by atoms with van der Waals surface area (Å²) < 4.78 is 0. The second-order valence-electron chi connectivity index (χ2n) is 5.66. The van der Waals surface area contributed by atoms with Crippen molar-refractivity contribution >= 4 is 11.9 Å². The van der Waals surface area contributed by atoms with E-state index in [0.29, 0.717) is 24.8 Å². The molecule has 0 aliphatic heterocycles. The van der Waals surface area contributed by atoms with Crippen LogP contribution >= 0.6 is 0 Å². The van der Waals surface area contributed by atoms with E-state index in [1.54, 1.807) is 0 Å². The summed E-state index contributed by atoms with van der Waals surface area (Å²) in [7, 11) is 0. The third-order valence-electron chi connectivity index (χ3n) is 3.86. The summed E-state index contributed by atoms with van der Waals surface area (Å²) in [6.07, 6.45) is 7.55. The van der Waals surface area contributed by atoms with Gasteiger partial charge in [-0.25, -0.2) is 0 Å². The van der Waals surface area contributed by atoms with Gasteiger partial charge in [-0.05, 0) is 37.5 Å². The number of carbonyl (C=O) groups excluding carboxylic acids is 1. The van der Waals surface area contributed by atoms with Crippen LogP contribution in [-0.2, 0) is 9.59 Å². The molecule has 0 saturated heterocycles. The average Bonchev–Trinajstić information content (AvgIpc) is 2.86. The standard InChI is InChI=1S/C15H25NO3/c1-11(2)12(7-8-14(17)18)9-10-16-15(19)13-5-3-4-6-13/h3-4,11-13H,5-10H2,1-2H3,(H,16,19)(H,17,18). The van der Waals surface area contributed by atoms with Gasteiger partial charge >= 0.3 is 5.97 Å². The third kappa shape index (κ3) is 5.90. The Morgan fingerprint density at radius 1 is 1.26 bits per heavy atom. The summed E-state index contributed by atoms with van der Waals surface area (Å²) in [5.74, 6) is 0.302. The number of hydrogen-bond acceptors (Lipinski definition) is 2. The Balaban J connectivity index is 2.23. The molecule has 0 saturated carbocycles. The van der Waals surface area contributed by atoms with Crippen LogP contribution in [0.15, 0.2) is 12.2 Å². The van der Waals surface area contributed by atoms with Gasteiger partial charge in [-0.3, -0.25) is 9.59 Å². The van der Waals surface area contributed by atoms with E-state index in [1.807, 2.05) is 12.2 Å². The van der Waals surface area contributed by atoms with Gasteiger partial charge in [0.25, 0.3) is 0 Å². The van der Waals surface area contributed by atoms with Crippen molar-refractivity contribution in [2.45, 2.75) is 46.0 Å². The van der Waals surface area contributed by atoms with E-state index in [9.17, 15) is 9.59 Å². The van der Waals surface area contributed by atoms with Gasteiger partial charge in [-0.1, -0.05) is 26.0 Å². The fourth-order valence-electron chi connectivity index (χ4n) is 2.48. The van der Waals surface area contributed by atoms with Gasteiger partial charge in [0.1, 0.15) is 0 Å². The molecule has 0 heterocycles. The molecule has 0 radical (unpaired) electrons. The quantitative estimate of drug-likeness (QED) is 0.664. The summed E-state index contributed by atoms with van der Waals surface area (Å²) in [6.45, 7) is 4.86. The lowest BCUT2D eigenvalue weighted by molar-refractivity contribution is -0.137. The molecule has 0 bridgehead atoms. The molecule has 1 rings (SSSR count). The van der Waals surface area contributed by atoms with E-state index in [2.05, 4.69) is 19.2 Å². The molecule has 4 nitrogen and oxygen atoms in total. The molecular weight excluding hydrogens is 242 g/mol. The van der Waals surface area contributed by atoms with Crippen LogP contribution in [0.1, 0.15) is 46.0 Å². The van der Waals surface area contributed by atoms with Crippen molar-refractivity contribution < 1.29 is 14.7 Å². The highest BCUT2D eigenvalue weighted by Crippen LogP contribution is 2.21. The maximum atomic E-state index is 11.8. The van der Waals surface area contributed by atoms with Gasteiger partial charge in [-0.2, -0.15) is 0 Å². The number of aliphatic carboxylic acids is 1. The molecule has 1 aliphatic rings. The predicted octanol–water partition coefficient (Wildman–Crippen LogP) is 2.60. The molecule has 1 amide bonds. The first-order valence-corrected chi connectivity index (χ1v) is 7.15. The van der Waals surface area contributed by atoms with E-state index in [-0.39, 0.29) is 18.2 Å². The molecule has 4 heteroatoms. The fraction of sp³-hybridized carbons (Fsp3) is 0.733. The van der Waals surface area contributed by atoms with Crippen LogP contribution in [0.2, 0.25) is 0 Å². The van der Waals surface area contributed by atoms with Crippen LogP contribution in [0.3, 0.4) is 0 Å². The lowest BCUT2D eigenvalue weighted by Gasteiger charge is -2.20. The van der Waals surface area contributed by atoms with E-state index in [4.69, 9.17) is 5.11 Å². The van der Waals surface area contributed by atoms with Gasteiger partial charge in [0.05, 0.1) is 0 Å². The molecule has 19 heavy (non-hydrogen) atoms. The van der Waals surface area contributed by atoms with Crippen LogP contribution in [0.5, 0.6) is 0 Å². The normalized spacial score (nSPS) is 16.8. The molecule has 0 spiro atoms. The van der Waals surface area contributed by atoms with Gasteiger partial charge < -0.3 is 10.4 Å². The number of rotatable bonds is 8. The van der Waals surface area contributed by atoms with Gasteiger partial charge in [0.15, 0.2) is 0 Å². The van der Waals surface area contributed by atoms with E-state index in [0.717, 1.165) is 19.3 Å². The Kier molecular flexibility index (Phi) is 6.60. The molecule has 1 aliphatic carbocycles. The van der Waals surface area contributed by atoms with E-state index >= 15 is 0 Å². The van der Waals surface area contributed by atoms with E-state index in [1.165, 1.54) is 0 Å². The van der Waals surface area contributed by atoms with Gasteiger partial charge in [0, 0.05) is 18.9 Å². The van der Waals surface area contributed by atoms with Crippen molar-refractivity contribution in [1.82, 2.24) is 5.32 Å². The Hall–Kier alpha value is -1.32. The molecule has 1 atom stereocenters. The van der Waals surface area contributed by atoms with Crippen LogP contribution in [0.25, 0.3) is 0 Å². The van der Waals surface area contributed by atoms with Crippen molar-refractivity contribution in [3.63, 3.8) is 0 Å². The molecule has 0 aromatic heterocycles. The van der Waals surface area contributed by atoms with Crippen molar-refractivity contribution in [2.75, 3.05) is 6.54 Å². The molecule has 108 valence electrons. The minimum atomic E-state index is -0.744. The summed E-state index contributed by atoms with van der Waals surface area (Å²) in [5.41, 5.74) is 0. The maximum absolute atomic E-state index is 11.8. The van der Waals surface area contributed by atoms with Crippen molar-refractivity contribution in [3.8, 4) is 0 Å². The number of nitrogens with one attached hydrogen (secondary N) is 1. The average molecular weight is 267 g/mol. The largest absolute Gasteiger partial charge is 0.481 e. The van der Waals surface area contributed by atoms with Crippen LogP contribution in [-0.4, -0.2) is 23.5 Å². The zero-order chi connectivity index (χ0) is 14.3. The number of carbonyl (C=O) groups is 2. The van der Waals surface area contributed by atoms with Gasteiger partial charge in [0.2, 0.25) is 5.91 Å². The zero-order valence-corrected chi connectivity index (χ0v) is 11.9. The molecule has 0 fully saturated rings. The second-order valence-corrected chi connectivity index (χ2v) is 5.66. The summed E-state index contributed by atoms with van der Waals surface area (Å²) in [5, 5.41) is 11.7. The Bertz CT molecular complexity index is 328. The first-order chi connectivity index (χ1) is 9.00. The molecular formula is C15H25NO3. The summed E-state index contributed by atoms with van der Waals surface area (Å²) in [6, 6.07) is 0. The summed E-state index contributed by atoms with van der Waals surface area (Å²) in [4.78, 5) is 22.4. The number of allylic oxidation sites excluding steroid dienone is 2. The molecule has 2 N–H and O–H groups in total. The van der Waals surface area contributed by atoms with E-state index < -0.39 is 5.97 Å². The maximum Gasteiger partial charge on any atom is 0.303 e. The first kappa shape index (κ1) is 15.7. The SMILES string of the molecule is CC(C)C(CCNC(=O)C1CC=CC1)CCC(=O)O. The van der Waals surface area contributed by atoms with Crippen LogP contribution < -0.4 is 5.32 Å². The third-order valence-corrected chi connectivity index (χ3v) is 3.86. The Labute approximate surface area is 115 Å². The molecule has 1 unspecified atom stereocenters. The lowest BCUT2D eigenvalue weighted by atomic mass is 9.88. The van der Waals surface area contributed by atoms with Crippen LogP contribution in [0.4, 0.5) is 0 Å². The first-order valence-electron chi connectivity index (χ1n) is 7.15. The number of hydrogen-bond donors (Lipinski definition) is 2. The number of amides is 1. The second kappa shape index (κ2) is 7.97. The predicted molar refractivity (Wildman–Crippen MR) is 74.7 cm³/mol. The summed E-state index contributed by atoms with van der Waals surface area (Å²) >= 11 is 0. The van der Waals surface area contributed by atoms with Crippen LogP contribution in [0, 0.1) is 17.8 Å². The number of carboxylic acid groups (broad SMARTS) is 1. The Morgan fingerprint density at radius 2 is 1.89 bits per heavy atom. The minimum absolute atomic E-state index is 0.108. The van der Waals surface area contributed by atoms with Crippen molar-refractivity contribution in [1.29, 1.82) is 0 Å². The Morgan fingerprint density at radius 3 is 2.42 bits per heavy atom. The topological polar surface area (TPSA) is 66.4 Å². The minimum Gasteiger partial charge on any atom is -0.481 e.